The van der Waals surface area contributed by atoms with Gasteiger partial charge < -0.3 is 15.4 Å². The van der Waals surface area contributed by atoms with E-state index in [9.17, 15) is 14.7 Å². The third-order valence-corrected chi connectivity index (χ3v) is 5.56. The summed E-state index contributed by atoms with van der Waals surface area (Å²) in [4.78, 5) is 26.9. The summed E-state index contributed by atoms with van der Waals surface area (Å²) in [5.41, 5.74) is 1.29. The fraction of sp³-hybridized carbons (Fsp3) is 0.111. The molecule has 0 atom stereocenters. The van der Waals surface area contributed by atoms with Gasteiger partial charge in [0, 0.05) is 31.8 Å². The van der Waals surface area contributed by atoms with Crippen molar-refractivity contribution in [2.45, 2.75) is 6.42 Å². The smallest absolute Gasteiger partial charge is 0.266 e. The highest BCUT2D eigenvalue weighted by Gasteiger charge is 2.14. The van der Waals surface area contributed by atoms with E-state index in [1.807, 2.05) is 12.1 Å². The van der Waals surface area contributed by atoms with Crippen molar-refractivity contribution in [3.05, 3.63) is 55.4 Å². The zero-order chi connectivity index (χ0) is 20.3. The second kappa shape index (κ2) is 8.97. The average molecular weight is 573 g/mol. The maximum absolute atomic E-state index is 12.1. The summed E-state index contributed by atoms with van der Waals surface area (Å²) < 4.78 is 2.18. The Bertz CT molecular complexity index is 1100. The number of benzene rings is 2. The molecule has 0 aliphatic rings. The van der Waals surface area contributed by atoms with E-state index < -0.39 is 5.91 Å². The Balaban J connectivity index is 1.63. The van der Waals surface area contributed by atoms with Gasteiger partial charge in [-0.05, 0) is 56.1 Å². The zero-order valence-corrected chi connectivity index (χ0v) is 18.9. The van der Waals surface area contributed by atoms with Gasteiger partial charge in [0.15, 0.2) is 5.69 Å². The Kier molecular flexibility index (Phi) is 6.63. The van der Waals surface area contributed by atoms with E-state index >= 15 is 0 Å². The largest absolute Gasteiger partial charge is 0.493 e. The van der Waals surface area contributed by atoms with Crippen LogP contribution in [0.15, 0.2) is 60.0 Å². The molecule has 0 aliphatic heterocycles. The van der Waals surface area contributed by atoms with Crippen LogP contribution in [0.5, 0.6) is 5.88 Å². The van der Waals surface area contributed by atoms with Gasteiger partial charge in [0.05, 0.1) is 11.1 Å². The number of aromatic nitrogens is 1. The van der Waals surface area contributed by atoms with Gasteiger partial charge in [0.25, 0.3) is 11.8 Å². The van der Waals surface area contributed by atoms with Crippen molar-refractivity contribution in [1.29, 1.82) is 0 Å². The number of hydrogen-bond acceptors (Lipinski definition) is 4. The molecule has 0 bridgehead atoms. The number of carbonyl (C=O) groups excluding carboxylic acids is 2. The molecule has 0 spiro atoms. The van der Waals surface area contributed by atoms with Crippen molar-refractivity contribution in [3.63, 3.8) is 0 Å². The third kappa shape index (κ3) is 4.68. The molecule has 0 fully saturated rings. The van der Waals surface area contributed by atoms with E-state index in [4.69, 9.17) is 0 Å². The number of hydrogen-bond donors (Lipinski definition) is 3. The quantitative estimate of drug-likeness (QED) is 0.347. The summed E-state index contributed by atoms with van der Waals surface area (Å²) in [5, 5.41) is 20.8. The van der Waals surface area contributed by atoms with Crippen LogP contribution in [0.1, 0.15) is 16.8 Å². The Morgan fingerprint density at radius 3 is 2.61 bits per heavy atom. The highest BCUT2D eigenvalue weighted by Crippen LogP contribution is 2.40. The number of nitrogens with zero attached hydrogens (tertiary/aromatic N) is 2. The fourth-order valence-electron chi connectivity index (χ4n) is 2.47. The molecule has 0 aliphatic carbocycles. The molecular formula is C18H13Br3N4O3. The van der Waals surface area contributed by atoms with Crippen LogP contribution in [-0.2, 0) is 4.79 Å². The molecule has 2 amide bonds. The fourth-order valence-corrected chi connectivity index (χ4v) is 4.26. The summed E-state index contributed by atoms with van der Waals surface area (Å²) in [7, 11) is 0. The Hall–Kier alpha value is -2.04. The minimum Gasteiger partial charge on any atom is -0.493 e. The van der Waals surface area contributed by atoms with E-state index in [1.54, 1.807) is 24.3 Å². The standard InChI is InChI=1S/C18H13Br3N4O3/c19-9-7-11-15(13(21)8-9)23-18(28)16(11)25-24-14(26)5-6-22-17(27)10-3-1-2-4-12(10)20/h1-4,7-8,23,28H,5-6H2,(H,22,27). The second-order valence-corrected chi connectivity index (χ2v) is 8.34. The van der Waals surface area contributed by atoms with Gasteiger partial charge >= 0.3 is 0 Å². The third-order valence-electron chi connectivity index (χ3n) is 3.78. The first-order valence-electron chi connectivity index (χ1n) is 8.04. The Morgan fingerprint density at radius 1 is 1.11 bits per heavy atom. The molecule has 144 valence electrons. The molecule has 7 nitrogen and oxygen atoms in total. The first-order chi connectivity index (χ1) is 13.4. The SMILES string of the molecule is O=C(CCNC(=O)c1ccccc1Br)N=Nc1c(O)[nH]c2c(Br)cc(Br)cc12. The number of azo groups is 1. The summed E-state index contributed by atoms with van der Waals surface area (Å²) in [6.45, 7) is 0.120. The highest BCUT2D eigenvalue weighted by molar-refractivity contribution is 9.11. The lowest BCUT2D eigenvalue weighted by Gasteiger charge is -2.05. The van der Waals surface area contributed by atoms with Crippen LogP contribution in [0.3, 0.4) is 0 Å². The molecule has 2 aromatic carbocycles. The summed E-state index contributed by atoms with van der Waals surface area (Å²) in [5.74, 6) is -0.996. The number of nitrogens with one attached hydrogen (secondary N) is 2. The number of halogens is 3. The van der Waals surface area contributed by atoms with Crippen molar-refractivity contribution in [2.75, 3.05) is 6.54 Å². The number of aromatic amines is 1. The lowest BCUT2D eigenvalue weighted by Crippen LogP contribution is -2.26. The van der Waals surface area contributed by atoms with Crippen LogP contribution < -0.4 is 5.32 Å². The summed E-state index contributed by atoms with van der Waals surface area (Å²) in [6, 6.07) is 10.6. The topological polar surface area (TPSA) is 107 Å². The molecule has 0 radical (unpaired) electrons. The summed E-state index contributed by atoms with van der Waals surface area (Å²) in [6.07, 6.45) is -0.0177. The van der Waals surface area contributed by atoms with E-state index in [-0.39, 0.29) is 30.4 Å². The van der Waals surface area contributed by atoms with E-state index in [0.717, 1.165) is 8.95 Å². The minimum atomic E-state index is -0.518. The van der Waals surface area contributed by atoms with Crippen molar-refractivity contribution in [2.24, 2.45) is 10.2 Å². The van der Waals surface area contributed by atoms with Gasteiger partial charge in [-0.3, -0.25) is 9.59 Å². The normalized spacial score (nSPS) is 11.2. The van der Waals surface area contributed by atoms with Crippen LogP contribution in [0.2, 0.25) is 0 Å². The molecule has 0 saturated carbocycles. The molecule has 3 rings (SSSR count). The molecule has 10 heteroatoms. The first-order valence-corrected chi connectivity index (χ1v) is 10.4. The average Bonchev–Trinajstić information content (AvgIpc) is 2.96. The van der Waals surface area contributed by atoms with Gasteiger partial charge in [-0.15, -0.1) is 10.2 Å². The van der Waals surface area contributed by atoms with Crippen LogP contribution >= 0.6 is 47.8 Å². The van der Waals surface area contributed by atoms with Crippen LogP contribution in [0.25, 0.3) is 10.9 Å². The lowest BCUT2D eigenvalue weighted by molar-refractivity contribution is -0.118. The number of rotatable bonds is 5. The molecule has 28 heavy (non-hydrogen) atoms. The van der Waals surface area contributed by atoms with Crippen LogP contribution in [0, 0.1) is 0 Å². The van der Waals surface area contributed by atoms with Crippen LogP contribution in [0.4, 0.5) is 5.69 Å². The number of carbonyl (C=O) groups is 2. The number of aromatic hydroxyl groups is 1. The van der Waals surface area contributed by atoms with Gasteiger partial charge in [-0.1, -0.05) is 28.1 Å². The number of H-pyrrole nitrogens is 1. The molecule has 1 aromatic heterocycles. The first kappa shape index (κ1) is 20.7. The van der Waals surface area contributed by atoms with Crippen molar-refractivity contribution in [1.82, 2.24) is 10.3 Å². The predicted molar refractivity (Wildman–Crippen MR) is 116 cm³/mol. The molecule has 0 saturated heterocycles. The zero-order valence-electron chi connectivity index (χ0n) is 14.2. The lowest BCUT2D eigenvalue weighted by atomic mass is 10.2. The molecule has 3 aromatic rings. The number of amides is 2. The van der Waals surface area contributed by atoms with Gasteiger partial charge in [0.2, 0.25) is 5.88 Å². The summed E-state index contributed by atoms with van der Waals surface area (Å²) >= 11 is 10.1. The Morgan fingerprint density at radius 2 is 1.86 bits per heavy atom. The van der Waals surface area contributed by atoms with Crippen LogP contribution in [-0.4, -0.2) is 28.4 Å². The molecule has 3 N–H and O–H groups in total. The van der Waals surface area contributed by atoms with Gasteiger partial charge in [-0.25, -0.2) is 0 Å². The maximum Gasteiger partial charge on any atom is 0.266 e. The van der Waals surface area contributed by atoms with Crippen molar-refractivity contribution < 1.29 is 14.7 Å². The monoisotopic (exact) mass is 570 g/mol. The Labute approximate surface area is 185 Å². The predicted octanol–water partition coefficient (Wildman–Crippen LogP) is 5.59. The van der Waals surface area contributed by atoms with E-state index in [2.05, 4.69) is 68.3 Å². The second-order valence-electron chi connectivity index (χ2n) is 5.71. The molecule has 0 unspecified atom stereocenters. The van der Waals surface area contributed by atoms with Crippen molar-refractivity contribution in [3.8, 4) is 5.88 Å². The molecular weight excluding hydrogens is 560 g/mol. The molecule has 1 heterocycles. The van der Waals surface area contributed by atoms with Crippen molar-refractivity contribution >= 4 is 76.2 Å². The maximum atomic E-state index is 12.1. The van der Waals surface area contributed by atoms with Gasteiger partial charge in [-0.2, -0.15) is 0 Å². The van der Waals surface area contributed by atoms with E-state index in [1.165, 1.54) is 0 Å². The number of fused-ring (bicyclic) bond motifs is 1. The highest BCUT2D eigenvalue weighted by atomic mass is 79.9. The van der Waals surface area contributed by atoms with E-state index in [0.29, 0.717) is 20.9 Å². The van der Waals surface area contributed by atoms with Gasteiger partial charge in [0.1, 0.15) is 0 Å². The minimum absolute atomic E-state index is 0.0177.